The van der Waals surface area contributed by atoms with Gasteiger partial charge >= 0.3 is 6.36 Å². The van der Waals surface area contributed by atoms with Crippen molar-refractivity contribution in [3.63, 3.8) is 0 Å². The van der Waals surface area contributed by atoms with E-state index in [0.29, 0.717) is 22.5 Å². The number of amides is 2. The summed E-state index contributed by atoms with van der Waals surface area (Å²) in [6.07, 6.45) is -3.45. The number of aromatic nitrogens is 3. The van der Waals surface area contributed by atoms with Gasteiger partial charge in [-0.2, -0.15) is 5.10 Å². The summed E-state index contributed by atoms with van der Waals surface area (Å²) < 4.78 is 55.9. The number of likely N-dealkylation sites (tertiary alicyclic amines) is 1. The van der Waals surface area contributed by atoms with Gasteiger partial charge in [-0.05, 0) is 30.3 Å². The SMILES string of the molecule is C=C(F)C(=O)N1CC(c2nn(-c3ccc(OC(F)(F)F)cc3)c3nccc(NC(=O)CO)c23)C1. The first-order valence-corrected chi connectivity index (χ1v) is 9.85. The summed E-state index contributed by atoms with van der Waals surface area (Å²) in [6.45, 7) is 2.50. The van der Waals surface area contributed by atoms with Gasteiger partial charge in [-0.3, -0.25) is 9.59 Å². The summed E-state index contributed by atoms with van der Waals surface area (Å²) in [7, 11) is 0. The van der Waals surface area contributed by atoms with Crippen molar-refractivity contribution < 1.29 is 37.0 Å². The first-order valence-electron chi connectivity index (χ1n) is 9.85. The highest BCUT2D eigenvalue weighted by molar-refractivity contribution is 6.02. The van der Waals surface area contributed by atoms with Crippen LogP contribution in [0, 0.1) is 0 Å². The van der Waals surface area contributed by atoms with Gasteiger partial charge in [0.15, 0.2) is 11.5 Å². The first-order chi connectivity index (χ1) is 16.1. The largest absolute Gasteiger partial charge is 0.573 e. The second-order valence-corrected chi connectivity index (χ2v) is 7.41. The molecule has 3 heterocycles. The van der Waals surface area contributed by atoms with Crippen molar-refractivity contribution in [2.45, 2.75) is 12.3 Å². The molecule has 1 aliphatic heterocycles. The van der Waals surface area contributed by atoms with Gasteiger partial charge < -0.3 is 20.1 Å². The molecule has 0 radical (unpaired) electrons. The molecule has 3 aromatic rings. The number of hydrogen-bond donors (Lipinski definition) is 2. The molecular formula is C21H17F4N5O4. The van der Waals surface area contributed by atoms with Crippen molar-refractivity contribution in [2.24, 2.45) is 0 Å². The molecule has 0 aliphatic carbocycles. The number of fused-ring (bicyclic) bond motifs is 1. The second kappa shape index (κ2) is 8.74. The Labute approximate surface area is 189 Å². The number of carbonyl (C=O) groups is 2. The Hall–Kier alpha value is -4.00. The smallest absolute Gasteiger partial charge is 0.406 e. The van der Waals surface area contributed by atoms with E-state index in [1.807, 2.05) is 0 Å². The van der Waals surface area contributed by atoms with Crippen molar-refractivity contribution >= 4 is 28.5 Å². The lowest BCUT2D eigenvalue weighted by molar-refractivity contribution is -0.274. The van der Waals surface area contributed by atoms with E-state index in [-0.39, 0.29) is 24.7 Å². The van der Waals surface area contributed by atoms with Crippen LogP contribution in [0.5, 0.6) is 5.75 Å². The minimum absolute atomic E-state index is 0.133. The van der Waals surface area contributed by atoms with E-state index >= 15 is 0 Å². The fourth-order valence-electron chi connectivity index (χ4n) is 3.61. The van der Waals surface area contributed by atoms with Gasteiger partial charge in [-0.1, -0.05) is 6.58 Å². The molecule has 2 N–H and O–H groups in total. The Bertz CT molecular complexity index is 1270. The van der Waals surface area contributed by atoms with Crippen LogP contribution in [-0.2, 0) is 9.59 Å². The number of aliphatic hydroxyl groups excluding tert-OH is 1. The van der Waals surface area contributed by atoms with Crippen molar-refractivity contribution in [2.75, 3.05) is 25.0 Å². The molecule has 1 aliphatic rings. The van der Waals surface area contributed by atoms with Crippen molar-refractivity contribution in [3.8, 4) is 11.4 Å². The fraction of sp³-hybridized carbons (Fsp3) is 0.238. The predicted octanol–water partition coefficient (Wildman–Crippen LogP) is 2.66. The van der Waals surface area contributed by atoms with Crippen LogP contribution in [0.2, 0.25) is 0 Å². The number of alkyl halides is 3. The number of aliphatic hydroxyl groups is 1. The third-order valence-corrected chi connectivity index (χ3v) is 5.12. The van der Waals surface area contributed by atoms with Crippen molar-refractivity contribution in [1.29, 1.82) is 0 Å². The number of halogens is 4. The van der Waals surface area contributed by atoms with Crippen molar-refractivity contribution in [1.82, 2.24) is 19.7 Å². The summed E-state index contributed by atoms with van der Waals surface area (Å²) in [5, 5.41) is 16.6. The predicted molar refractivity (Wildman–Crippen MR) is 111 cm³/mol. The number of nitrogens with one attached hydrogen (secondary N) is 1. The van der Waals surface area contributed by atoms with E-state index in [4.69, 9.17) is 5.11 Å². The molecule has 1 saturated heterocycles. The zero-order valence-electron chi connectivity index (χ0n) is 17.3. The normalized spacial score (nSPS) is 14.1. The third-order valence-electron chi connectivity index (χ3n) is 5.12. The highest BCUT2D eigenvalue weighted by atomic mass is 19.4. The Balaban J connectivity index is 1.75. The number of nitrogens with zero attached hydrogens (tertiary/aromatic N) is 4. The Morgan fingerprint density at radius 2 is 1.88 bits per heavy atom. The molecule has 178 valence electrons. The van der Waals surface area contributed by atoms with Gasteiger partial charge in [0, 0.05) is 25.2 Å². The van der Waals surface area contributed by atoms with Crippen LogP contribution in [0.4, 0.5) is 23.2 Å². The van der Waals surface area contributed by atoms with Gasteiger partial charge in [0.25, 0.3) is 5.91 Å². The van der Waals surface area contributed by atoms with E-state index in [1.165, 1.54) is 34.0 Å². The number of ether oxygens (including phenoxy) is 1. The molecule has 0 bridgehead atoms. The summed E-state index contributed by atoms with van der Waals surface area (Å²) in [5.41, 5.74) is 1.35. The second-order valence-electron chi connectivity index (χ2n) is 7.41. The Kier molecular flexibility index (Phi) is 5.96. The highest BCUT2D eigenvalue weighted by Gasteiger charge is 2.37. The molecule has 34 heavy (non-hydrogen) atoms. The van der Waals surface area contributed by atoms with Crippen LogP contribution in [0.1, 0.15) is 11.6 Å². The monoisotopic (exact) mass is 479 g/mol. The number of pyridine rings is 1. The van der Waals surface area contributed by atoms with Gasteiger partial charge in [0.2, 0.25) is 5.91 Å². The minimum Gasteiger partial charge on any atom is -0.406 e. The Morgan fingerprint density at radius 3 is 2.47 bits per heavy atom. The summed E-state index contributed by atoms with van der Waals surface area (Å²) >= 11 is 0. The molecule has 1 aromatic carbocycles. The maximum atomic E-state index is 13.2. The van der Waals surface area contributed by atoms with Gasteiger partial charge in [0.1, 0.15) is 12.4 Å². The van der Waals surface area contributed by atoms with E-state index in [0.717, 1.165) is 12.1 Å². The molecule has 9 nitrogen and oxygen atoms in total. The average molecular weight is 479 g/mol. The highest BCUT2D eigenvalue weighted by Crippen LogP contribution is 2.36. The lowest BCUT2D eigenvalue weighted by Crippen LogP contribution is -2.48. The van der Waals surface area contributed by atoms with Crippen LogP contribution in [0.25, 0.3) is 16.7 Å². The summed E-state index contributed by atoms with van der Waals surface area (Å²) in [6, 6.07) is 6.42. The summed E-state index contributed by atoms with van der Waals surface area (Å²) in [5.74, 6) is -3.37. The van der Waals surface area contributed by atoms with E-state index in [2.05, 4.69) is 26.7 Å². The standard InChI is InChI=1S/C21H17F4N5O4/c1-11(22)20(33)29-8-12(9-29)18-17-15(27-16(32)10-31)6-7-26-19(17)30(28-18)13-2-4-14(5-3-13)34-21(23,24)25/h2-7,12,31H,1,8-10H2,(H,26,27,32). The minimum atomic E-state index is -4.84. The lowest BCUT2D eigenvalue weighted by Gasteiger charge is -2.38. The average Bonchev–Trinajstić information content (AvgIpc) is 3.12. The van der Waals surface area contributed by atoms with E-state index in [1.54, 1.807) is 0 Å². The molecule has 4 rings (SSSR count). The van der Waals surface area contributed by atoms with Crippen LogP contribution >= 0.6 is 0 Å². The van der Waals surface area contributed by atoms with Crippen LogP contribution in [0.3, 0.4) is 0 Å². The van der Waals surface area contributed by atoms with Crippen LogP contribution in [0.15, 0.2) is 48.9 Å². The molecule has 0 unspecified atom stereocenters. The maximum absolute atomic E-state index is 13.2. The van der Waals surface area contributed by atoms with Gasteiger partial charge in [0.05, 0.1) is 22.5 Å². The van der Waals surface area contributed by atoms with Crippen LogP contribution in [-0.4, -0.2) is 62.6 Å². The van der Waals surface area contributed by atoms with Gasteiger partial charge in [-0.25, -0.2) is 14.1 Å². The molecule has 2 amide bonds. The topological polar surface area (TPSA) is 110 Å². The number of carbonyl (C=O) groups excluding carboxylic acids is 2. The van der Waals surface area contributed by atoms with E-state index in [9.17, 15) is 27.2 Å². The molecule has 1 fully saturated rings. The molecular weight excluding hydrogens is 462 g/mol. The quantitative estimate of drug-likeness (QED) is 0.416. The first kappa shape index (κ1) is 23.2. The molecule has 0 spiro atoms. The fourth-order valence-corrected chi connectivity index (χ4v) is 3.61. The van der Waals surface area contributed by atoms with Crippen LogP contribution < -0.4 is 10.1 Å². The number of hydrogen-bond acceptors (Lipinski definition) is 6. The number of anilines is 1. The molecule has 13 heteroatoms. The number of rotatable bonds is 6. The maximum Gasteiger partial charge on any atom is 0.573 e. The Morgan fingerprint density at radius 1 is 1.21 bits per heavy atom. The zero-order chi connectivity index (χ0) is 24.6. The third kappa shape index (κ3) is 4.55. The lowest BCUT2D eigenvalue weighted by atomic mass is 9.93. The van der Waals surface area contributed by atoms with Gasteiger partial charge in [-0.15, -0.1) is 13.2 Å². The zero-order valence-corrected chi connectivity index (χ0v) is 17.3. The molecule has 0 atom stereocenters. The van der Waals surface area contributed by atoms with Crippen molar-refractivity contribution in [3.05, 3.63) is 54.6 Å². The molecule has 2 aromatic heterocycles. The molecule has 0 saturated carbocycles. The van der Waals surface area contributed by atoms with E-state index < -0.39 is 36.4 Å². The summed E-state index contributed by atoms with van der Waals surface area (Å²) in [4.78, 5) is 29.2. The number of benzene rings is 1.